The third kappa shape index (κ3) is 1.67. The molecule has 1 heterocycles. The van der Waals surface area contributed by atoms with E-state index in [4.69, 9.17) is 4.42 Å². The Labute approximate surface area is 110 Å². The lowest BCUT2D eigenvalue weighted by molar-refractivity contribution is 0.0790. The van der Waals surface area contributed by atoms with Crippen LogP contribution in [-0.2, 0) is 6.42 Å². The van der Waals surface area contributed by atoms with Crippen molar-refractivity contribution in [2.45, 2.75) is 32.3 Å². The molecule has 1 aliphatic rings. The van der Waals surface area contributed by atoms with Crippen LogP contribution in [0.25, 0.3) is 11.0 Å². The van der Waals surface area contributed by atoms with Crippen LogP contribution >= 0.6 is 0 Å². The van der Waals surface area contributed by atoms with E-state index in [1.54, 1.807) is 12.1 Å². The van der Waals surface area contributed by atoms with Gasteiger partial charge in [-0.25, -0.2) is 0 Å². The first kappa shape index (κ1) is 12.2. The number of phenolic OH excluding ortho intramolecular Hbond substituents is 1. The molecule has 0 saturated heterocycles. The maximum atomic E-state index is 12.5. The standard InChI is InChI=1S/C15H16O4/c1-7-6-11-12(8(2)14(7)17)15(18)13-9(16)4-3-5-10(13)19-11/h3-5,7-8,14,16-17H,6H2,1-2H3/t7-,8+,14-/m1/s1. The zero-order valence-corrected chi connectivity index (χ0v) is 10.9. The van der Waals surface area contributed by atoms with Crippen molar-refractivity contribution in [1.29, 1.82) is 0 Å². The average Bonchev–Trinajstić information content (AvgIpc) is 2.35. The number of aliphatic hydroxyl groups is 1. The lowest BCUT2D eigenvalue weighted by Gasteiger charge is -2.31. The molecule has 0 aliphatic heterocycles. The summed E-state index contributed by atoms with van der Waals surface area (Å²) in [7, 11) is 0. The Hall–Kier alpha value is -1.81. The summed E-state index contributed by atoms with van der Waals surface area (Å²) in [5.74, 6) is 0.335. The smallest absolute Gasteiger partial charge is 0.200 e. The monoisotopic (exact) mass is 260 g/mol. The van der Waals surface area contributed by atoms with Gasteiger partial charge in [0.25, 0.3) is 0 Å². The first-order chi connectivity index (χ1) is 9.00. The van der Waals surface area contributed by atoms with Crippen molar-refractivity contribution >= 4 is 11.0 Å². The van der Waals surface area contributed by atoms with E-state index in [1.165, 1.54) is 6.07 Å². The maximum Gasteiger partial charge on any atom is 0.200 e. The minimum absolute atomic E-state index is 0.0559. The van der Waals surface area contributed by atoms with Crippen LogP contribution in [0, 0.1) is 5.92 Å². The summed E-state index contributed by atoms with van der Waals surface area (Å²) in [4.78, 5) is 12.5. The third-order valence-electron chi connectivity index (χ3n) is 4.07. The van der Waals surface area contributed by atoms with Crippen molar-refractivity contribution in [3.63, 3.8) is 0 Å². The number of hydrogen-bond donors (Lipinski definition) is 2. The molecular formula is C15H16O4. The number of aliphatic hydroxyl groups excluding tert-OH is 1. The second-order valence-electron chi connectivity index (χ2n) is 5.38. The summed E-state index contributed by atoms with van der Waals surface area (Å²) >= 11 is 0. The second-order valence-corrected chi connectivity index (χ2v) is 5.38. The minimum Gasteiger partial charge on any atom is -0.507 e. The normalized spacial score (nSPS) is 26.4. The second kappa shape index (κ2) is 4.10. The molecule has 0 bridgehead atoms. The van der Waals surface area contributed by atoms with Crippen LogP contribution in [0.5, 0.6) is 5.75 Å². The topological polar surface area (TPSA) is 70.7 Å². The van der Waals surface area contributed by atoms with Crippen molar-refractivity contribution in [3.05, 3.63) is 39.7 Å². The van der Waals surface area contributed by atoms with Crippen LogP contribution < -0.4 is 5.43 Å². The highest BCUT2D eigenvalue weighted by molar-refractivity contribution is 5.83. The molecule has 2 N–H and O–H groups in total. The molecule has 0 spiro atoms. The van der Waals surface area contributed by atoms with Crippen LogP contribution in [0.4, 0.5) is 0 Å². The first-order valence-corrected chi connectivity index (χ1v) is 6.46. The van der Waals surface area contributed by atoms with Gasteiger partial charge in [0, 0.05) is 17.9 Å². The summed E-state index contributed by atoms with van der Waals surface area (Å²) in [5.41, 5.74) is 0.673. The highest BCUT2D eigenvalue weighted by atomic mass is 16.3. The van der Waals surface area contributed by atoms with Crippen LogP contribution in [-0.4, -0.2) is 16.3 Å². The van der Waals surface area contributed by atoms with Gasteiger partial charge in [-0.15, -0.1) is 0 Å². The van der Waals surface area contributed by atoms with Gasteiger partial charge in [-0.2, -0.15) is 0 Å². The number of fused-ring (bicyclic) bond motifs is 2. The highest BCUT2D eigenvalue weighted by Crippen LogP contribution is 2.35. The van der Waals surface area contributed by atoms with Gasteiger partial charge in [0.2, 0.25) is 0 Å². The Kier molecular flexibility index (Phi) is 2.64. The van der Waals surface area contributed by atoms with Gasteiger partial charge in [0.1, 0.15) is 22.5 Å². The largest absolute Gasteiger partial charge is 0.507 e. The molecule has 0 saturated carbocycles. The molecule has 4 heteroatoms. The first-order valence-electron chi connectivity index (χ1n) is 6.46. The fourth-order valence-corrected chi connectivity index (χ4v) is 2.97. The fourth-order valence-electron chi connectivity index (χ4n) is 2.97. The van der Waals surface area contributed by atoms with Gasteiger partial charge in [-0.3, -0.25) is 4.79 Å². The predicted molar refractivity (Wildman–Crippen MR) is 71.4 cm³/mol. The van der Waals surface area contributed by atoms with Crippen LogP contribution in [0.3, 0.4) is 0 Å². The number of phenols is 1. The molecule has 0 unspecified atom stereocenters. The third-order valence-corrected chi connectivity index (χ3v) is 4.07. The van der Waals surface area contributed by atoms with Crippen molar-refractivity contribution in [3.8, 4) is 5.75 Å². The minimum atomic E-state index is -0.557. The summed E-state index contributed by atoms with van der Waals surface area (Å²) < 4.78 is 5.76. The maximum absolute atomic E-state index is 12.5. The summed E-state index contributed by atoms with van der Waals surface area (Å²) in [6.07, 6.45) is -0.0134. The Balaban J connectivity index is 2.38. The van der Waals surface area contributed by atoms with Crippen molar-refractivity contribution in [2.75, 3.05) is 0 Å². The number of aromatic hydroxyl groups is 1. The van der Waals surface area contributed by atoms with Crippen LogP contribution in [0.15, 0.2) is 27.4 Å². The van der Waals surface area contributed by atoms with Gasteiger partial charge >= 0.3 is 0 Å². The molecule has 4 nitrogen and oxygen atoms in total. The lowest BCUT2D eigenvalue weighted by Crippen LogP contribution is -2.35. The molecule has 0 amide bonds. The van der Waals surface area contributed by atoms with Gasteiger partial charge in [0.15, 0.2) is 5.43 Å². The zero-order chi connectivity index (χ0) is 13.7. The van der Waals surface area contributed by atoms with Crippen molar-refractivity contribution in [2.24, 2.45) is 5.92 Å². The van der Waals surface area contributed by atoms with E-state index in [-0.39, 0.29) is 28.4 Å². The van der Waals surface area contributed by atoms with E-state index in [2.05, 4.69) is 0 Å². The molecule has 100 valence electrons. The Morgan fingerprint density at radius 1 is 1.32 bits per heavy atom. The Bertz CT molecular complexity index is 701. The molecule has 0 fully saturated rings. The molecule has 3 rings (SSSR count). The van der Waals surface area contributed by atoms with E-state index in [9.17, 15) is 15.0 Å². The predicted octanol–water partition coefficient (Wildman–Crippen LogP) is 2.16. The molecule has 0 radical (unpaired) electrons. The van der Waals surface area contributed by atoms with Crippen LogP contribution in [0.1, 0.15) is 31.1 Å². The molecule has 19 heavy (non-hydrogen) atoms. The highest BCUT2D eigenvalue weighted by Gasteiger charge is 2.34. The zero-order valence-electron chi connectivity index (χ0n) is 10.9. The quantitative estimate of drug-likeness (QED) is 0.761. The van der Waals surface area contributed by atoms with Crippen molar-refractivity contribution in [1.82, 2.24) is 0 Å². The summed E-state index contributed by atoms with van der Waals surface area (Å²) in [5, 5.41) is 20.2. The molecule has 1 aromatic heterocycles. The van der Waals surface area contributed by atoms with E-state index in [1.807, 2.05) is 13.8 Å². The molecule has 1 aromatic carbocycles. The van der Waals surface area contributed by atoms with Gasteiger partial charge in [-0.05, 0) is 18.1 Å². The number of benzene rings is 1. The number of hydrogen-bond acceptors (Lipinski definition) is 4. The Morgan fingerprint density at radius 2 is 2.05 bits per heavy atom. The number of rotatable bonds is 0. The van der Waals surface area contributed by atoms with Gasteiger partial charge in [0.05, 0.1) is 6.10 Å². The van der Waals surface area contributed by atoms with E-state index in [0.717, 1.165) is 0 Å². The van der Waals surface area contributed by atoms with Gasteiger partial charge < -0.3 is 14.6 Å². The summed E-state index contributed by atoms with van der Waals surface area (Å²) in [6.45, 7) is 3.76. The van der Waals surface area contributed by atoms with Crippen molar-refractivity contribution < 1.29 is 14.6 Å². The average molecular weight is 260 g/mol. The SMILES string of the molecule is C[C@@H]1Cc2oc3cccc(O)c3c(=O)c2[C@H](C)[C@@H]1O. The molecular weight excluding hydrogens is 244 g/mol. The Morgan fingerprint density at radius 3 is 2.79 bits per heavy atom. The van der Waals surface area contributed by atoms with E-state index in [0.29, 0.717) is 23.3 Å². The van der Waals surface area contributed by atoms with E-state index < -0.39 is 6.10 Å². The summed E-state index contributed by atoms with van der Waals surface area (Å²) in [6, 6.07) is 4.80. The van der Waals surface area contributed by atoms with Crippen LogP contribution in [0.2, 0.25) is 0 Å². The molecule has 1 aliphatic carbocycles. The van der Waals surface area contributed by atoms with Gasteiger partial charge in [-0.1, -0.05) is 19.9 Å². The molecule has 3 atom stereocenters. The van der Waals surface area contributed by atoms with E-state index >= 15 is 0 Å². The lowest BCUT2D eigenvalue weighted by atomic mass is 9.78. The molecule has 2 aromatic rings. The fraction of sp³-hybridized carbons (Fsp3) is 0.400.